The quantitative estimate of drug-likeness (QED) is 0.859. The molecule has 1 heterocycles. The molecule has 0 unspecified atom stereocenters. The molecule has 1 aromatic heterocycles. The van der Waals surface area contributed by atoms with Gasteiger partial charge in [-0.05, 0) is 17.7 Å². The maximum absolute atomic E-state index is 11.4. The fraction of sp³-hybridized carbons (Fsp3) is 0.214. The second kappa shape index (κ2) is 6.54. The van der Waals surface area contributed by atoms with E-state index in [1.807, 2.05) is 24.3 Å². The molecular weight excluding hydrogens is 310 g/mol. The van der Waals surface area contributed by atoms with Gasteiger partial charge in [0.15, 0.2) is 0 Å². The van der Waals surface area contributed by atoms with E-state index in [4.69, 9.17) is 4.42 Å². The summed E-state index contributed by atoms with van der Waals surface area (Å²) in [5, 5.41) is 3.27. The van der Waals surface area contributed by atoms with Crippen molar-refractivity contribution in [3.05, 3.63) is 58.0 Å². The summed E-state index contributed by atoms with van der Waals surface area (Å²) in [6.07, 6.45) is 1.49. The van der Waals surface area contributed by atoms with Crippen molar-refractivity contribution in [1.29, 1.82) is 0 Å². The maximum atomic E-state index is 11.4. The lowest BCUT2D eigenvalue weighted by Gasteiger charge is -2.06. The molecule has 19 heavy (non-hydrogen) atoms. The first-order chi connectivity index (χ1) is 9.22. The number of hydrogen-bond donors (Lipinski definition) is 1. The van der Waals surface area contributed by atoms with Gasteiger partial charge < -0.3 is 14.5 Å². The first-order valence-electron chi connectivity index (χ1n) is 5.81. The Bertz CT molecular complexity index is 565. The first-order valence-corrected chi connectivity index (χ1v) is 6.60. The number of rotatable bonds is 5. The predicted octanol–water partition coefficient (Wildman–Crippen LogP) is 3.12. The van der Waals surface area contributed by atoms with Crippen LogP contribution in [0.2, 0.25) is 0 Å². The average molecular weight is 324 g/mol. The minimum absolute atomic E-state index is 0.252. The highest BCUT2D eigenvalue weighted by atomic mass is 79.9. The Kier molecular flexibility index (Phi) is 4.76. The Labute approximate surface area is 119 Å². The Morgan fingerprint density at radius 2 is 2.00 bits per heavy atom. The monoisotopic (exact) mass is 323 g/mol. The molecule has 0 saturated carbocycles. The normalized spacial score (nSPS) is 10.4. The second-order valence-electron chi connectivity index (χ2n) is 3.96. The minimum Gasteiger partial charge on any atom is -0.463 e. The van der Waals surface area contributed by atoms with Crippen molar-refractivity contribution in [3.63, 3.8) is 0 Å². The molecule has 4 nitrogen and oxygen atoms in total. The lowest BCUT2D eigenvalue weighted by Crippen LogP contribution is -2.15. The van der Waals surface area contributed by atoms with Gasteiger partial charge in [-0.1, -0.05) is 34.1 Å². The van der Waals surface area contributed by atoms with Gasteiger partial charge in [-0.15, -0.1) is 0 Å². The molecule has 0 spiro atoms. The fourth-order valence-electron chi connectivity index (χ4n) is 1.72. The van der Waals surface area contributed by atoms with Gasteiger partial charge in [0.1, 0.15) is 0 Å². The smallest absolute Gasteiger partial charge is 0.374 e. The van der Waals surface area contributed by atoms with Crippen LogP contribution in [0.3, 0.4) is 0 Å². The summed E-state index contributed by atoms with van der Waals surface area (Å²) in [6.45, 7) is 1.25. The van der Waals surface area contributed by atoms with E-state index in [-0.39, 0.29) is 5.76 Å². The van der Waals surface area contributed by atoms with Gasteiger partial charge in [-0.25, -0.2) is 4.79 Å². The molecular formula is C14H14BrNO3. The van der Waals surface area contributed by atoms with Crippen molar-refractivity contribution in [3.8, 4) is 0 Å². The van der Waals surface area contributed by atoms with Crippen LogP contribution < -0.4 is 5.32 Å². The van der Waals surface area contributed by atoms with Crippen molar-refractivity contribution < 1.29 is 13.9 Å². The van der Waals surface area contributed by atoms with Gasteiger partial charge in [0.05, 0.1) is 13.4 Å². The van der Waals surface area contributed by atoms with Gasteiger partial charge in [0, 0.05) is 23.1 Å². The van der Waals surface area contributed by atoms with Crippen LogP contribution in [-0.4, -0.2) is 13.1 Å². The van der Waals surface area contributed by atoms with E-state index < -0.39 is 5.97 Å². The molecule has 0 saturated heterocycles. The number of ether oxygens (including phenoxy) is 1. The van der Waals surface area contributed by atoms with Crippen molar-refractivity contribution in [2.24, 2.45) is 0 Å². The molecule has 0 atom stereocenters. The van der Waals surface area contributed by atoms with Gasteiger partial charge >= 0.3 is 5.97 Å². The number of furan rings is 1. The summed E-state index contributed by atoms with van der Waals surface area (Å²) in [6, 6.07) is 9.75. The highest BCUT2D eigenvalue weighted by molar-refractivity contribution is 9.10. The van der Waals surface area contributed by atoms with Gasteiger partial charge in [-0.2, -0.15) is 0 Å². The molecule has 1 N–H and O–H groups in total. The van der Waals surface area contributed by atoms with Crippen LogP contribution in [0.25, 0.3) is 0 Å². The lowest BCUT2D eigenvalue weighted by molar-refractivity contribution is 0.0563. The zero-order valence-electron chi connectivity index (χ0n) is 10.5. The molecule has 0 aliphatic heterocycles. The number of methoxy groups -OCH3 is 1. The number of esters is 1. The van der Waals surface area contributed by atoms with E-state index in [2.05, 4.69) is 26.0 Å². The molecule has 2 rings (SSSR count). The van der Waals surface area contributed by atoms with Crippen LogP contribution in [-0.2, 0) is 17.8 Å². The lowest BCUT2D eigenvalue weighted by atomic mass is 10.2. The van der Waals surface area contributed by atoms with Gasteiger partial charge in [0.25, 0.3) is 0 Å². The van der Waals surface area contributed by atoms with E-state index in [1.54, 1.807) is 6.07 Å². The van der Waals surface area contributed by atoms with Crippen LogP contribution in [0.4, 0.5) is 0 Å². The summed E-state index contributed by atoms with van der Waals surface area (Å²) >= 11 is 3.49. The highest BCUT2D eigenvalue weighted by Gasteiger charge is 2.15. The Morgan fingerprint density at radius 1 is 1.26 bits per heavy atom. The van der Waals surface area contributed by atoms with Gasteiger partial charge in [0.2, 0.25) is 5.76 Å². The third-order valence-electron chi connectivity index (χ3n) is 2.71. The number of carbonyl (C=O) groups excluding carboxylic acids is 1. The van der Waals surface area contributed by atoms with E-state index in [9.17, 15) is 4.79 Å². The zero-order valence-corrected chi connectivity index (χ0v) is 12.1. The molecule has 0 aliphatic rings. The summed E-state index contributed by atoms with van der Waals surface area (Å²) in [5.74, 6) is -0.204. The fourth-order valence-corrected chi connectivity index (χ4v) is 2.15. The zero-order chi connectivity index (χ0) is 13.7. The SMILES string of the molecule is COC(=O)c1occc1CNCc1ccccc1Br. The maximum Gasteiger partial charge on any atom is 0.374 e. The number of carbonyl (C=O) groups is 1. The third kappa shape index (κ3) is 3.45. The number of hydrogen-bond acceptors (Lipinski definition) is 4. The van der Waals surface area contributed by atoms with E-state index in [0.29, 0.717) is 13.1 Å². The highest BCUT2D eigenvalue weighted by Crippen LogP contribution is 2.16. The third-order valence-corrected chi connectivity index (χ3v) is 3.48. The summed E-state index contributed by atoms with van der Waals surface area (Å²) in [5.41, 5.74) is 1.95. The van der Waals surface area contributed by atoms with E-state index in [0.717, 1.165) is 15.6 Å². The molecule has 0 radical (unpaired) electrons. The Balaban J connectivity index is 1.95. The molecule has 0 amide bonds. The number of halogens is 1. The van der Waals surface area contributed by atoms with E-state index >= 15 is 0 Å². The standard InChI is InChI=1S/C14H14BrNO3/c1-18-14(17)13-11(6-7-19-13)9-16-8-10-4-2-3-5-12(10)15/h2-7,16H,8-9H2,1H3. The first kappa shape index (κ1) is 13.8. The topological polar surface area (TPSA) is 51.5 Å². The van der Waals surface area contributed by atoms with Crippen molar-refractivity contribution in [2.75, 3.05) is 7.11 Å². The average Bonchev–Trinajstić information content (AvgIpc) is 2.88. The van der Waals surface area contributed by atoms with Crippen LogP contribution in [0, 0.1) is 0 Å². The molecule has 5 heteroatoms. The number of nitrogens with one attached hydrogen (secondary N) is 1. The van der Waals surface area contributed by atoms with E-state index in [1.165, 1.54) is 13.4 Å². The molecule has 0 bridgehead atoms. The molecule has 2 aromatic rings. The molecule has 0 fully saturated rings. The van der Waals surface area contributed by atoms with Crippen molar-refractivity contribution in [2.45, 2.75) is 13.1 Å². The van der Waals surface area contributed by atoms with Crippen molar-refractivity contribution >= 4 is 21.9 Å². The summed E-state index contributed by atoms with van der Waals surface area (Å²) < 4.78 is 10.8. The van der Waals surface area contributed by atoms with Crippen LogP contribution >= 0.6 is 15.9 Å². The Morgan fingerprint density at radius 3 is 2.74 bits per heavy atom. The molecule has 100 valence electrons. The largest absolute Gasteiger partial charge is 0.463 e. The second-order valence-corrected chi connectivity index (χ2v) is 4.82. The Hall–Kier alpha value is -1.59. The minimum atomic E-state index is -0.456. The number of benzene rings is 1. The predicted molar refractivity (Wildman–Crippen MR) is 74.7 cm³/mol. The van der Waals surface area contributed by atoms with Crippen LogP contribution in [0.5, 0.6) is 0 Å². The van der Waals surface area contributed by atoms with Crippen LogP contribution in [0.1, 0.15) is 21.7 Å². The van der Waals surface area contributed by atoms with Gasteiger partial charge in [-0.3, -0.25) is 0 Å². The summed E-state index contributed by atoms with van der Waals surface area (Å²) in [4.78, 5) is 11.4. The molecule has 0 aliphatic carbocycles. The summed E-state index contributed by atoms with van der Waals surface area (Å²) in [7, 11) is 1.34. The van der Waals surface area contributed by atoms with Crippen LogP contribution in [0.15, 0.2) is 45.5 Å². The van der Waals surface area contributed by atoms with Crippen molar-refractivity contribution in [1.82, 2.24) is 5.32 Å². The molecule has 1 aromatic carbocycles.